The van der Waals surface area contributed by atoms with Gasteiger partial charge >= 0.3 is 5.97 Å². The predicted molar refractivity (Wildman–Crippen MR) is 110 cm³/mol. The van der Waals surface area contributed by atoms with Crippen molar-refractivity contribution in [1.29, 1.82) is 0 Å². The Morgan fingerprint density at radius 1 is 1.11 bits per heavy atom. The molecule has 0 N–H and O–H groups in total. The van der Waals surface area contributed by atoms with Crippen molar-refractivity contribution in [2.45, 2.75) is 19.3 Å². The number of carbonyl (C=O) groups is 2. The number of anilines is 1. The maximum atomic E-state index is 13.4. The van der Waals surface area contributed by atoms with E-state index in [-0.39, 0.29) is 17.8 Å². The molecule has 2 aromatic carbocycles. The van der Waals surface area contributed by atoms with Crippen molar-refractivity contribution in [3.63, 3.8) is 0 Å². The van der Waals surface area contributed by atoms with E-state index in [4.69, 9.17) is 4.74 Å². The molecule has 5 nitrogen and oxygen atoms in total. The van der Waals surface area contributed by atoms with E-state index in [2.05, 4.69) is 4.98 Å². The highest BCUT2D eigenvalue weighted by Crippen LogP contribution is 2.38. The van der Waals surface area contributed by atoms with E-state index >= 15 is 0 Å². The summed E-state index contributed by atoms with van der Waals surface area (Å²) in [4.78, 5) is 32.5. The monoisotopic (exact) mass is 392 g/mol. The standard InChI is InChI=1S/C22H20N2O3S/c1-14-19(28-20(23-14)15-8-4-3-5-9-15)21(25)24-13-12-17(22(26)27-2)16-10-6-7-11-18(16)24/h3-11,17H,12-13H2,1-2H3. The molecule has 142 valence electrons. The summed E-state index contributed by atoms with van der Waals surface area (Å²) in [6.45, 7) is 2.33. The normalized spacial score (nSPS) is 15.8. The van der Waals surface area contributed by atoms with E-state index in [1.807, 2.05) is 61.5 Å². The molecule has 0 spiro atoms. The van der Waals surface area contributed by atoms with Gasteiger partial charge in [0.2, 0.25) is 0 Å². The molecule has 1 amide bonds. The number of esters is 1. The van der Waals surface area contributed by atoms with Gasteiger partial charge in [0.05, 0.1) is 18.7 Å². The van der Waals surface area contributed by atoms with E-state index in [0.29, 0.717) is 17.8 Å². The van der Waals surface area contributed by atoms with Crippen LogP contribution in [0.2, 0.25) is 0 Å². The number of hydrogen-bond donors (Lipinski definition) is 0. The van der Waals surface area contributed by atoms with E-state index in [1.54, 1.807) is 4.90 Å². The Labute approximate surface area is 167 Å². The lowest BCUT2D eigenvalue weighted by Crippen LogP contribution is -2.38. The van der Waals surface area contributed by atoms with Crippen molar-refractivity contribution >= 4 is 28.9 Å². The molecule has 6 heteroatoms. The van der Waals surface area contributed by atoms with Crippen molar-refractivity contribution < 1.29 is 14.3 Å². The number of methoxy groups -OCH3 is 1. The zero-order chi connectivity index (χ0) is 19.7. The van der Waals surface area contributed by atoms with Crippen LogP contribution in [0, 0.1) is 6.92 Å². The van der Waals surface area contributed by atoms with Gasteiger partial charge in [0.15, 0.2) is 0 Å². The first-order chi connectivity index (χ1) is 13.6. The van der Waals surface area contributed by atoms with Crippen LogP contribution >= 0.6 is 11.3 Å². The number of para-hydroxylation sites is 1. The van der Waals surface area contributed by atoms with E-state index in [9.17, 15) is 9.59 Å². The number of nitrogens with zero attached hydrogens (tertiary/aromatic N) is 2. The highest BCUT2D eigenvalue weighted by Gasteiger charge is 2.34. The van der Waals surface area contributed by atoms with Crippen LogP contribution in [-0.2, 0) is 9.53 Å². The molecule has 28 heavy (non-hydrogen) atoms. The summed E-state index contributed by atoms with van der Waals surface area (Å²) in [6, 6.07) is 17.4. The number of thiazole rings is 1. The van der Waals surface area contributed by atoms with Gasteiger partial charge in [-0.05, 0) is 25.0 Å². The Morgan fingerprint density at radius 2 is 1.82 bits per heavy atom. The number of benzene rings is 2. The molecular formula is C22H20N2O3S. The van der Waals surface area contributed by atoms with Crippen molar-refractivity contribution in [2.24, 2.45) is 0 Å². The van der Waals surface area contributed by atoms with Gasteiger partial charge in [-0.25, -0.2) is 4.98 Å². The molecule has 3 aromatic rings. The van der Waals surface area contributed by atoms with Gasteiger partial charge < -0.3 is 9.64 Å². The highest BCUT2D eigenvalue weighted by atomic mass is 32.1. The fraction of sp³-hybridized carbons (Fsp3) is 0.227. The third-order valence-corrected chi connectivity index (χ3v) is 6.18. The minimum absolute atomic E-state index is 0.0760. The van der Waals surface area contributed by atoms with Crippen molar-refractivity contribution in [3.8, 4) is 10.6 Å². The summed E-state index contributed by atoms with van der Waals surface area (Å²) in [6.07, 6.45) is 0.540. The molecule has 0 bridgehead atoms. The zero-order valence-corrected chi connectivity index (χ0v) is 16.5. The fourth-order valence-corrected chi connectivity index (χ4v) is 4.60. The lowest BCUT2D eigenvalue weighted by atomic mass is 9.90. The molecule has 1 aromatic heterocycles. The Kier molecular flexibility index (Phi) is 4.96. The maximum absolute atomic E-state index is 13.4. The molecule has 1 unspecified atom stereocenters. The van der Waals surface area contributed by atoms with Crippen LogP contribution < -0.4 is 4.90 Å². The Balaban J connectivity index is 1.69. The number of fused-ring (bicyclic) bond motifs is 1. The SMILES string of the molecule is COC(=O)C1CCN(C(=O)c2sc(-c3ccccc3)nc2C)c2ccccc21. The van der Waals surface area contributed by atoms with Crippen molar-refractivity contribution in [2.75, 3.05) is 18.6 Å². The molecule has 1 aliphatic heterocycles. The molecule has 0 saturated heterocycles. The first-order valence-electron chi connectivity index (χ1n) is 9.11. The van der Waals surface area contributed by atoms with E-state index in [1.165, 1.54) is 18.4 Å². The fourth-order valence-electron chi connectivity index (χ4n) is 3.58. The van der Waals surface area contributed by atoms with Gasteiger partial charge in [-0.15, -0.1) is 11.3 Å². The predicted octanol–water partition coefficient (Wildman–Crippen LogP) is 4.43. The third kappa shape index (κ3) is 3.20. The van der Waals surface area contributed by atoms with Crippen LogP contribution in [0.5, 0.6) is 0 Å². The molecule has 1 aliphatic rings. The van der Waals surface area contributed by atoms with Crippen molar-refractivity contribution in [3.05, 3.63) is 70.7 Å². The number of aryl methyl sites for hydroxylation is 1. The number of amides is 1. The van der Waals surface area contributed by atoms with E-state index < -0.39 is 0 Å². The largest absolute Gasteiger partial charge is 0.469 e. The first-order valence-corrected chi connectivity index (χ1v) is 9.93. The summed E-state index contributed by atoms with van der Waals surface area (Å²) in [5, 5.41) is 0.833. The molecule has 0 radical (unpaired) electrons. The van der Waals surface area contributed by atoms with Crippen LogP contribution in [0.15, 0.2) is 54.6 Å². The molecule has 0 fully saturated rings. The van der Waals surface area contributed by atoms with Gasteiger partial charge in [0.1, 0.15) is 9.88 Å². The number of aromatic nitrogens is 1. The Hall–Kier alpha value is -2.99. The lowest BCUT2D eigenvalue weighted by molar-refractivity contribution is -0.142. The second-order valence-corrected chi connectivity index (χ2v) is 7.68. The minimum Gasteiger partial charge on any atom is -0.469 e. The molecule has 2 heterocycles. The topological polar surface area (TPSA) is 59.5 Å². The summed E-state index contributed by atoms with van der Waals surface area (Å²) in [5.41, 5.74) is 3.32. The number of hydrogen-bond acceptors (Lipinski definition) is 5. The summed E-state index contributed by atoms with van der Waals surface area (Å²) in [7, 11) is 1.40. The van der Waals surface area contributed by atoms with Crippen LogP contribution in [0.3, 0.4) is 0 Å². The Morgan fingerprint density at radius 3 is 2.57 bits per heavy atom. The average Bonchev–Trinajstić information content (AvgIpc) is 3.14. The second kappa shape index (κ2) is 7.56. The van der Waals surface area contributed by atoms with E-state index in [0.717, 1.165) is 27.5 Å². The molecule has 1 atom stereocenters. The lowest BCUT2D eigenvalue weighted by Gasteiger charge is -2.33. The van der Waals surface area contributed by atoms with Crippen LogP contribution in [0.4, 0.5) is 5.69 Å². The second-order valence-electron chi connectivity index (χ2n) is 6.68. The average molecular weight is 392 g/mol. The van der Waals surface area contributed by atoms with Crippen LogP contribution in [0.1, 0.15) is 33.3 Å². The number of carbonyl (C=O) groups excluding carboxylic acids is 2. The van der Waals surface area contributed by atoms with Crippen molar-refractivity contribution in [1.82, 2.24) is 4.98 Å². The third-order valence-electron chi connectivity index (χ3n) is 4.99. The highest BCUT2D eigenvalue weighted by molar-refractivity contribution is 7.17. The molecule has 4 rings (SSSR count). The Bertz CT molecular complexity index is 1030. The quantitative estimate of drug-likeness (QED) is 0.619. The van der Waals surface area contributed by atoms with Crippen LogP contribution in [0.25, 0.3) is 10.6 Å². The van der Waals surface area contributed by atoms with Gasteiger partial charge in [0, 0.05) is 17.8 Å². The van der Waals surface area contributed by atoms with Gasteiger partial charge in [0.25, 0.3) is 5.91 Å². The maximum Gasteiger partial charge on any atom is 0.313 e. The van der Waals surface area contributed by atoms with Gasteiger partial charge in [-0.1, -0.05) is 48.5 Å². The number of rotatable bonds is 3. The first kappa shape index (κ1) is 18.4. The molecule has 0 saturated carbocycles. The number of ether oxygens (including phenoxy) is 1. The molecular weight excluding hydrogens is 372 g/mol. The minimum atomic E-state index is -0.340. The summed E-state index contributed by atoms with van der Waals surface area (Å²) >= 11 is 1.41. The van der Waals surface area contributed by atoms with Gasteiger partial charge in [-0.2, -0.15) is 0 Å². The zero-order valence-electron chi connectivity index (χ0n) is 15.7. The summed E-state index contributed by atoms with van der Waals surface area (Å²) in [5.74, 6) is -0.680. The smallest absolute Gasteiger partial charge is 0.313 e. The van der Waals surface area contributed by atoms with Gasteiger partial charge in [-0.3, -0.25) is 9.59 Å². The summed E-state index contributed by atoms with van der Waals surface area (Å²) < 4.78 is 4.95. The van der Waals surface area contributed by atoms with Crippen LogP contribution in [-0.4, -0.2) is 30.5 Å². The molecule has 0 aliphatic carbocycles.